The minimum absolute atomic E-state index is 0.0690. The molecule has 172 valence electrons. The van der Waals surface area contributed by atoms with Gasteiger partial charge in [0.2, 0.25) is 0 Å². The number of halogens is 5. The Labute approximate surface area is 199 Å². The lowest BCUT2D eigenvalue weighted by atomic mass is 9.95. The Bertz CT molecular complexity index is 1180. The molecule has 1 fully saturated rings. The van der Waals surface area contributed by atoms with Gasteiger partial charge in [0, 0.05) is 12.5 Å². The van der Waals surface area contributed by atoms with Crippen molar-refractivity contribution < 1.29 is 27.4 Å². The lowest BCUT2D eigenvalue weighted by Gasteiger charge is -2.19. The summed E-state index contributed by atoms with van der Waals surface area (Å²) in [4.78, 5) is 13.0. The van der Waals surface area contributed by atoms with Crippen molar-refractivity contribution in [2.75, 3.05) is 6.61 Å². The minimum Gasteiger partial charge on any atom is -0.494 e. The molecule has 1 unspecified atom stereocenters. The highest BCUT2D eigenvalue weighted by molar-refractivity contribution is 6.54. The second-order valence-electron chi connectivity index (χ2n) is 7.69. The molecule has 1 saturated carbocycles. The average Bonchev–Trinajstić information content (AvgIpc) is 3.38. The van der Waals surface area contributed by atoms with Gasteiger partial charge in [-0.05, 0) is 30.2 Å². The van der Waals surface area contributed by atoms with Gasteiger partial charge in [-0.1, -0.05) is 65.7 Å². The summed E-state index contributed by atoms with van der Waals surface area (Å²) in [5, 5.41) is 0. The van der Waals surface area contributed by atoms with Gasteiger partial charge in [-0.3, -0.25) is 4.79 Å². The van der Waals surface area contributed by atoms with Crippen LogP contribution in [-0.2, 0) is 21.6 Å². The van der Waals surface area contributed by atoms with Crippen molar-refractivity contribution in [1.82, 2.24) is 0 Å². The number of rotatable bonds is 7. The number of esters is 1. The third-order valence-corrected chi connectivity index (χ3v) is 6.58. The molecule has 0 N–H and O–H groups in total. The summed E-state index contributed by atoms with van der Waals surface area (Å²) >= 11 is 12.6. The van der Waals surface area contributed by atoms with Crippen molar-refractivity contribution in [3.05, 3.63) is 89.2 Å². The molecule has 0 amide bonds. The summed E-state index contributed by atoms with van der Waals surface area (Å²) < 4.78 is 53.1. The van der Waals surface area contributed by atoms with Gasteiger partial charge in [-0.2, -0.15) is 0 Å². The van der Waals surface area contributed by atoms with Gasteiger partial charge < -0.3 is 9.47 Å². The smallest absolute Gasteiger partial charge is 0.320 e. The summed E-state index contributed by atoms with van der Waals surface area (Å²) in [6.07, 6.45) is 0.0690. The van der Waals surface area contributed by atoms with Gasteiger partial charge in [0.1, 0.15) is 39.6 Å². The summed E-state index contributed by atoms with van der Waals surface area (Å²) in [5.74, 6) is -3.59. The third-order valence-electron chi connectivity index (χ3n) is 5.67. The Balaban J connectivity index is 1.60. The second kappa shape index (κ2) is 8.92. The van der Waals surface area contributed by atoms with Crippen LogP contribution in [0.2, 0.25) is 0 Å². The third kappa shape index (κ3) is 4.18. The predicted octanol–water partition coefficient (Wildman–Crippen LogP) is 6.73. The van der Waals surface area contributed by atoms with E-state index in [-0.39, 0.29) is 12.0 Å². The fraction of sp³-hybridized carbons (Fsp3) is 0.240. The zero-order valence-corrected chi connectivity index (χ0v) is 19.0. The molecule has 0 spiro atoms. The van der Waals surface area contributed by atoms with E-state index >= 15 is 4.39 Å². The van der Waals surface area contributed by atoms with Gasteiger partial charge in [0.05, 0.1) is 17.7 Å². The zero-order chi connectivity index (χ0) is 23.8. The molecular weight excluding hydrogens is 476 g/mol. The monoisotopic (exact) mass is 494 g/mol. The number of hydrogen-bond acceptors (Lipinski definition) is 3. The first kappa shape index (κ1) is 23.5. The van der Waals surface area contributed by atoms with Crippen molar-refractivity contribution in [3.8, 4) is 16.9 Å². The predicted molar refractivity (Wildman–Crippen MR) is 120 cm³/mol. The van der Waals surface area contributed by atoms with Crippen molar-refractivity contribution in [2.45, 2.75) is 29.7 Å². The van der Waals surface area contributed by atoms with Crippen LogP contribution < -0.4 is 4.74 Å². The van der Waals surface area contributed by atoms with Crippen molar-refractivity contribution in [1.29, 1.82) is 0 Å². The fourth-order valence-electron chi connectivity index (χ4n) is 3.84. The van der Waals surface area contributed by atoms with Crippen LogP contribution in [0.5, 0.6) is 5.75 Å². The van der Waals surface area contributed by atoms with E-state index in [9.17, 15) is 13.6 Å². The number of ether oxygens (including phenoxy) is 2. The van der Waals surface area contributed by atoms with Crippen LogP contribution in [-0.4, -0.2) is 16.9 Å². The summed E-state index contributed by atoms with van der Waals surface area (Å²) in [7, 11) is 0. The Morgan fingerprint density at radius 2 is 1.64 bits per heavy atom. The lowest BCUT2D eigenvalue weighted by molar-refractivity contribution is -0.148. The van der Waals surface area contributed by atoms with E-state index in [1.54, 1.807) is 42.5 Å². The van der Waals surface area contributed by atoms with E-state index in [0.29, 0.717) is 24.0 Å². The molecule has 1 atom stereocenters. The summed E-state index contributed by atoms with van der Waals surface area (Å²) in [6, 6.07) is 15.1. The molecule has 0 aromatic heterocycles. The van der Waals surface area contributed by atoms with E-state index in [1.807, 2.05) is 6.92 Å². The Kier molecular flexibility index (Phi) is 6.34. The molecule has 3 aromatic carbocycles. The normalized spacial score (nSPS) is 18.6. The molecule has 4 rings (SSSR count). The summed E-state index contributed by atoms with van der Waals surface area (Å²) in [5.41, 5.74) is -1.64. The Hall–Kier alpha value is -2.70. The number of carbonyl (C=O) groups is 1. The maximum atomic E-state index is 15.1. The first-order valence-electron chi connectivity index (χ1n) is 10.2. The molecule has 0 aliphatic heterocycles. The number of carbonyl (C=O) groups excluding carboxylic acids is 1. The van der Waals surface area contributed by atoms with E-state index in [4.69, 9.17) is 32.7 Å². The minimum atomic E-state index is -1.44. The van der Waals surface area contributed by atoms with Crippen molar-refractivity contribution >= 4 is 29.2 Å². The van der Waals surface area contributed by atoms with Gasteiger partial charge in [0.25, 0.3) is 0 Å². The van der Waals surface area contributed by atoms with Gasteiger partial charge in [-0.15, -0.1) is 0 Å². The zero-order valence-electron chi connectivity index (χ0n) is 17.5. The Morgan fingerprint density at radius 1 is 1.00 bits per heavy atom. The molecule has 0 saturated heterocycles. The molecular formula is C25H19Cl2F3O3. The standard InChI is InChI=1S/C25H19Cl2F3O3/c1-2-32-17-10-8-16(9-11-17)24(14-25(24,26)27)23(31)33-13-18-19(28)12-20(29)21(22(18)30)15-6-4-3-5-7-15/h3-12H,2,13-14H2,1H3. The second-order valence-corrected chi connectivity index (χ2v) is 9.18. The Morgan fingerprint density at radius 3 is 2.21 bits per heavy atom. The van der Waals surface area contributed by atoms with E-state index in [1.165, 1.54) is 12.1 Å². The first-order valence-corrected chi connectivity index (χ1v) is 11.0. The van der Waals surface area contributed by atoms with Gasteiger partial charge >= 0.3 is 5.97 Å². The maximum Gasteiger partial charge on any atom is 0.320 e. The molecule has 3 aromatic rings. The van der Waals surface area contributed by atoms with Crippen LogP contribution in [0.3, 0.4) is 0 Å². The fourth-order valence-corrected chi connectivity index (χ4v) is 4.61. The van der Waals surface area contributed by atoms with Crippen molar-refractivity contribution in [3.63, 3.8) is 0 Å². The van der Waals surface area contributed by atoms with Crippen LogP contribution in [0.15, 0.2) is 60.7 Å². The molecule has 0 bridgehead atoms. The first-order chi connectivity index (χ1) is 15.7. The van der Waals surface area contributed by atoms with Crippen LogP contribution in [0.25, 0.3) is 11.1 Å². The SMILES string of the molecule is CCOc1ccc(C2(C(=O)OCc3c(F)cc(F)c(-c4ccccc4)c3F)CC2(Cl)Cl)cc1. The maximum absolute atomic E-state index is 15.1. The van der Waals surface area contributed by atoms with Crippen molar-refractivity contribution in [2.24, 2.45) is 0 Å². The molecule has 1 aliphatic carbocycles. The van der Waals surface area contributed by atoms with Crippen LogP contribution in [0.4, 0.5) is 13.2 Å². The van der Waals surface area contributed by atoms with E-state index in [2.05, 4.69) is 0 Å². The van der Waals surface area contributed by atoms with E-state index in [0.717, 1.165) is 0 Å². The molecule has 8 heteroatoms. The number of alkyl halides is 2. The van der Waals surface area contributed by atoms with E-state index < -0.39 is 50.9 Å². The van der Waals surface area contributed by atoms with Gasteiger partial charge in [0.15, 0.2) is 0 Å². The quantitative estimate of drug-likeness (QED) is 0.270. The summed E-state index contributed by atoms with van der Waals surface area (Å²) in [6.45, 7) is 1.56. The van der Waals surface area contributed by atoms with Crippen LogP contribution >= 0.6 is 23.2 Å². The largest absolute Gasteiger partial charge is 0.494 e. The van der Waals surface area contributed by atoms with Crippen LogP contribution in [0, 0.1) is 17.5 Å². The molecule has 3 nitrogen and oxygen atoms in total. The number of hydrogen-bond donors (Lipinski definition) is 0. The van der Waals surface area contributed by atoms with Crippen LogP contribution in [0.1, 0.15) is 24.5 Å². The highest BCUT2D eigenvalue weighted by Gasteiger charge is 2.73. The average molecular weight is 495 g/mol. The highest BCUT2D eigenvalue weighted by Crippen LogP contribution is 2.65. The molecule has 1 aliphatic rings. The highest BCUT2D eigenvalue weighted by atomic mass is 35.5. The lowest BCUT2D eigenvalue weighted by Crippen LogP contribution is -2.29. The topological polar surface area (TPSA) is 35.5 Å². The molecule has 0 heterocycles. The molecule has 0 radical (unpaired) electrons. The number of benzene rings is 3. The van der Waals surface area contributed by atoms with Gasteiger partial charge in [-0.25, -0.2) is 13.2 Å². The molecule has 33 heavy (non-hydrogen) atoms.